The van der Waals surface area contributed by atoms with Crippen LogP contribution in [0.25, 0.3) is 0 Å². The fourth-order valence-corrected chi connectivity index (χ4v) is 3.32. The van der Waals surface area contributed by atoms with Gasteiger partial charge in [-0.05, 0) is 29.9 Å². The van der Waals surface area contributed by atoms with Gasteiger partial charge in [-0.25, -0.2) is 0 Å². The molecule has 1 heterocycles. The number of aliphatic hydroxyl groups is 1. The lowest BCUT2D eigenvalue weighted by atomic mass is 9.91. The number of nitrogens with one attached hydrogen (secondary N) is 1. The third-order valence-electron chi connectivity index (χ3n) is 5.16. The van der Waals surface area contributed by atoms with Crippen LogP contribution in [0.3, 0.4) is 0 Å². The Morgan fingerprint density at radius 3 is 2.56 bits per heavy atom. The second kappa shape index (κ2) is 9.33. The van der Waals surface area contributed by atoms with Gasteiger partial charge in [0.25, 0.3) is 5.91 Å². The van der Waals surface area contributed by atoms with Crippen molar-refractivity contribution < 1.29 is 14.7 Å². The summed E-state index contributed by atoms with van der Waals surface area (Å²) in [6.45, 7) is 6.11. The van der Waals surface area contributed by atoms with Crippen molar-refractivity contribution >= 4 is 11.8 Å². The molecular weight excluding hydrogens is 342 g/mol. The maximum atomic E-state index is 12.8. The van der Waals surface area contributed by atoms with Crippen molar-refractivity contribution in [3.63, 3.8) is 0 Å². The second-order valence-corrected chi connectivity index (χ2v) is 7.97. The van der Waals surface area contributed by atoms with Gasteiger partial charge < -0.3 is 20.2 Å². The molecule has 0 unspecified atom stereocenters. The Hall–Kier alpha value is -1.92. The highest BCUT2D eigenvalue weighted by Gasteiger charge is 2.41. The summed E-state index contributed by atoms with van der Waals surface area (Å²) in [6.07, 6.45) is 1.57. The molecule has 2 N–H and O–H groups in total. The van der Waals surface area contributed by atoms with Gasteiger partial charge in [-0.15, -0.1) is 0 Å². The maximum absolute atomic E-state index is 12.8. The molecule has 1 aliphatic heterocycles. The first kappa shape index (κ1) is 21.4. The van der Waals surface area contributed by atoms with E-state index < -0.39 is 5.60 Å². The van der Waals surface area contributed by atoms with Crippen molar-refractivity contribution in [3.05, 3.63) is 35.4 Å². The summed E-state index contributed by atoms with van der Waals surface area (Å²) >= 11 is 0. The summed E-state index contributed by atoms with van der Waals surface area (Å²) in [7, 11) is 3.43. The van der Waals surface area contributed by atoms with Crippen LogP contribution in [0.1, 0.15) is 50.2 Å². The Labute approximate surface area is 162 Å². The molecule has 6 nitrogen and oxygen atoms in total. The molecule has 6 heteroatoms. The number of hydrogen-bond acceptors (Lipinski definition) is 4. The number of likely N-dealkylation sites (tertiary alicyclic amines) is 1. The van der Waals surface area contributed by atoms with Crippen LogP contribution < -0.4 is 5.32 Å². The molecule has 1 atom stereocenters. The van der Waals surface area contributed by atoms with E-state index in [1.54, 1.807) is 19.0 Å². The monoisotopic (exact) mass is 375 g/mol. The minimum Gasteiger partial charge on any atom is -0.379 e. The van der Waals surface area contributed by atoms with Crippen molar-refractivity contribution in [1.29, 1.82) is 0 Å². The third kappa shape index (κ3) is 5.78. The van der Waals surface area contributed by atoms with E-state index in [9.17, 15) is 14.7 Å². The predicted octanol–water partition coefficient (Wildman–Crippen LogP) is 1.73. The van der Waals surface area contributed by atoms with E-state index in [0.29, 0.717) is 38.4 Å². The van der Waals surface area contributed by atoms with Gasteiger partial charge in [-0.2, -0.15) is 0 Å². The topological polar surface area (TPSA) is 72.9 Å². The Kier molecular flexibility index (Phi) is 7.39. The van der Waals surface area contributed by atoms with E-state index in [1.807, 2.05) is 0 Å². The largest absolute Gasteiger partial charge is 0.379 e. The summed E-state index contributed by atoms with van der Waals surface area (Å²) in [5, 5.41) is 13.9. The van der Waals surface area contributed by atoms with Crippen LogP contribution in [0.4, 0.5) is 0 Å². The van der Waals surface area contributed by atoms with Crippen molar-refractivity contribution in [2.75, 3.05) is 33.7 Å². The molecule has 2 rings (SSSR count). The highest BCUT2D eigenvalue weighted by molar-refractivity contribution is 5.86. The molecule has 1 fully saturated rings. The minimum absolute atomic E-state index is 0.0240. The number of piperidine rings is 1. The van der Waals surface area contributed by atoms with Crippen molar-refractivity contribution in [1.82, 2.24) is 15.1 Å². The molecule has 1 aromatic carbocycles. The van der Waals surface area contributed by atoms with Crippen molar-refractivity contribution in [2.24, 2.45) is 0 Å². The Morgan fingerprint density at radius 2 is 1.96 bits per heavy atom. The van der Waals surface area contributed by atoms with Gasteiger partial charge in [0.2, 0.25) is 5.91 Å². The van der Waals surface area contributed by atoms with Crippen LogP contribution in [0.15, 0.2) is 24.3 Å². The number of carbonyl (C=O) groups is 2. The van der Waals surface area contributed by atoms with Gasteiger partial charge in [0.05, 0.1) is 0 Å². The zero-order valence-electron chi connectivity index (χ0n) is 17.0. The van der Waals surface area contributed by atoms with E-state index in [1.165, 1.54) is 10.5 Å². The fourth-order valence-electron chi connectivity index (χ4n) is 3.32. The second-order valence-electron chi connectivity index (χ2n) is 7.97. The van der Waals surface area contributed by atoms with E-state index in [-0.39, 0.29) is 18.4 Å². The fraction of sp³-hybridized carbons (Fsp3) is 0.619. The first-order chi connectivity index (χ1) is 12.7. The van der Waals surface area contributed by atoms with Crippen LogP contribution in [-0.4, -0.2) is 66.1 Å². The average Bonchev–Trinajstić information content (AvgIpc) is 2.63. The quantitative estimate of drug-likeness (QED) is 0.679. The molecule has 2 amide bonds. The first-order valence-corrected chi connectivity index (χ1v) is 9.74. The minimum atomic E-state index is -1.39. The predicted molar refractivity (Wildman–Crippen MR) is 106 cm³/mol. The maximum Gasteiger partial charge on any atom is 0.256 e. The molecule has 1 saturated heterocycles. The van der Waals surface area contributed by atoms with Crippen LogP contribution in [0.2, 0.25) is 0 Å². The van der Waals surface area contributed by atoms with Crippen LogP contribution >= 0.6 is 0 Å². The zero-order valence-corrected chi connectivity index (χ0v) is 17.0. The molecule has 0 saturated carbocycles. The van der Waals surface area contributed by atoms with Crippen LogP contribution in [-0.2, 0) is 16.1 Å². The lowest BCUT2D eigenvalue weighted by Crippen LogP contribution is -2.57. The summed E-state index contributed by atoms with van der Waals surface area (Å²) in [4.78, 5) is 27.7. The Morgan fingerprint density at radius 1 is 1.30 bits per heavy atom. The SMILES string of the molecule is CC(C)c1ccc(CN2CCC[C@](O)(CNCCC(=O)N(C)C)C2=O)cc1. The highest BCUT2D eigenvalue weighted by Crippen LogP contribution is 2.24. The number of hydrogen-bond donors (Lipinski definition) is 2. The van der Waals surface area contributed by atoms with Gasteiger partial charge in [-0.3, -0.25) is 9.59 Å². The average molecular weight is 376 g/mol. The summed E-state index contributed by atoms with van der Waals surface area (Å²) in [6, 6.07) is 8.32. The number of nitrogens with zero attached hydrogens (tertiary/aromatic N) is 2. The first-order valence-electron chi connectivity index (χ1n) is 9.74. The van der Waals surface area contributed by atoms with Crippen LogP contribution in [0.5, 0.6) is 0 Å². The Balaban J connectivity index is 1.90. The highest BCUT2D eigenvalue weighted by atomic mass is 16.3. The lowest BCUT2D eigenvalue weighted by Gasteiger charge is -2.38. The zero-order chi connectivity index (χ0) is 20.0. The molecule has 1 aromatic rings. The molecule has 0 radical (unpaired) electrons. The summed E-state index contributed by atoms with van der Waals surface area (Å²) in [5.41, 5.74) is 0.954. The van der Waals surface area contributed by atoms with Gasteiger partial charge in [0.1, 0.15) is 0 Å². The third-order valence-corrected chi connectivity index (χ3v) is 5.16. The standard InChI is InChI=1S/C21H33N3O3/c1-16(2)18-8-6-17(7-9-18)14-24-13-5-11-21(27,20(24)26)15-22-12-10-19(25)23(3)4/h6-9,16,22,27H,5,10-15H2,1-4H3/t21-/m0/s1. The number of rotatable bonds is 8. The van der Waals surface area contributed by atoms with Gasteiger partial charge in [0, 0.05) is 46.7 Å². The van der Waals surface area contributed by atoms with Crippen molar-refractivity contribution in [2.45, 2.75) is 51.2 Å². The molecule has 1 aliphatic rings. The molecule has 0 bridgehead atoms. The molecular formula is C21H33N3O3. The smallest absolute Gasteiger partial charge is 0.256 e. The molecule has 27 heavy (non-hydrogen) atoms. The van der Waals surface area contributed by atoms with Crippen LogP contribution in [0, 0.1) is 0 Å². The lowest BCUT2D eigenvalue weighted by molar-refractivity contribution is -0.157. The van der Waals surface area contributed by atoms with E-state index in [4.69, 9.17) is 0 Å². The van der Waals surface area contributed by atoms with Gasteiger partial charge >= 0.3 is 0 Å². The van der Waals surface area contributed by atoms with Gasteiger partial charge in [0.15, 0.2) is 5.60 Å². The molecule has 0 aliphatic carbocycles. The summed E-state index contributed by atoms with van der Waals surface area (Å²) < 4.78 is 0. The number of carbonyl (C=O) groups excluding carboxylic acids is 2. The summed E-state index contributed by atoms with van der Waals surface area (Å²) in [5.74, 6) is 0.273. The molecule has 150 valence electrons. The normalized spacial score (nSPS) is 20.2. The number of benzene rings is 1. The van der Waals surface area contributed by atoms with E-state index in [2.05, 4.69) is 43.4 Å². The van der Waals surface area contributed by atoms with E-state index >= 15 is 0 Å². The molecule has 0 spiro atoms. The molecule has 0 aromatic heterocycles. The van der Waals surface area contributed by atoms with Crippen molar-refractivity contribution in [3.8, 4) is 0 Å². The van der Waals surface area contributed by atoms with Gasteiger partial charge in [-0.1, -0.05) is 38.1 Å². The number of amides is 2. The van der Waals surface area contributed by atoms with E-state index in [0.717, 1.165) is 12.0 Å². The Bertz CT molecular complexity index is 643.